The van der Waals surface area contributed by atoms with Crippen molar-refractivity contribution < 1.29 is 53.7 Å². The van der Waals surface area contributed by atoms with Gasteiger partial charge in [0.2, 0.25) is 0 Å². The zero-order chi connectivity index (χ0) is 43.4. The van der Waals surface area contributed by atoms with Crippen LogP contribution in [-0.4, -0.2) is 54.0 Å². The van der Waals surface area contributed by atoms with E-state index in [-0.39, 0.29) is 37.5 Å². The molecular weight excluding hydrogens is 1030 g/mol. The van der Waals surface area contributed by atoms with Crippen molar-refractivity contribution in [2.75, 3.05) is 14.2 Å². The van der Waals surface area contributed by atoms with Crippen LogP contribution in [0.15, 0.2) is 138 Å². The second kappa shape index (κ2) is 21.4. The third-order valence-electron chi connectivity index (χ3n) is 7.82. The summed E-state index contributed by atoms with van der Waals surface area (Å²) in [5.74, 6) is 0.472. The number of hydrogen-bond donors (Lipinski definition) is 6. The van der Waals surface area contributed by atoms with Crippen LogP contribution in [0.1, 0.15) is 10.4 Å². The normalized spacial score (nSPS) is 10.1. The Morgan fingerprint density at radius 2 is 0.915 bits per heavy atom. The van der Waals surface area contributed by atoms with Crippen molar-refractivity contribution in [3.8, 4) is 40.2 Å². The van der Waals surface area contributed by atoms with Crippen LogP contribution in [0.5, 0.6) is 40.2 Å². The van der Waals surface area contributed by atoms with Crippen molar-refractivity contribution in [1.82, 2.24) is 0 Å². The van der Waals surface area contributed by atoms with Gasteiger partial charge in [-0.3, -0.25) is 0 Å². The molecule has 8 rings (SSSR count). The number of fused-ring (bicyclic) bond motifs is 6. The molecule has 0 saturated heterocycles. The Bertz CT molecular complexity index is 2840. The van der Waals surface area contributed by atoms with Gasteiger partial charge in [0.25, 0.3) is 0 Å². The molecule has 2 aromatic heterocycles. The Hall–Kier alpha value is -5.69. The zero-order valence-corrected chi connectivity index (χ0v) is 36.9. The van der Waals surface area contributed by atoms with Crippen molar-refractivity contribution >= 4 is 116 Å². The topological polar surface area (TPSA) is 217 Å². The molecule has 59 heavy (non-hydrogen) atoms. The number of aromatic carboxylic acids is 1. The third-order valence-corrected chi connectivity index (χ3v) is 8.51. The predicted molar refractivity (Wildman–Crippen MR) is 241 cm³/mol. The summed E-state index contributed by atoms with van der Waals surface area (Å²) in [7, 11) is 3.04. The lowest BCUT2D eigenvalue weighted by Gasteiger charge is -2.04. The van der Waals surface area contributed by atoms with Gasteiger partial charge in [0.15, 0.2) is 0 Å². The standard InChI is InChI=1S/C14H10O4.C13H8O4.C8H7BrO3.C6H6O2.BBr3/c1-17-9-3-5-10-11-4-2-8(15)6-13(11)18-14(16)12(10)7-9;14-7-1-3-9-10-4-2-8(15)6-12(10)17-13(16)11(9)5-7;1-12-5-2-3-7(9)6(4-5)8(10)11;7-5-2-1-3-6(8)4-5;2-1(3)4/h2-7,15H,1H3;1-6,14-15H;2-4H,1H3,(H,10,11);1-4,7-8H;. The molecule has 0 atom stereocenters. The van der Waals surface area contributed by atoms with E-state index in [0.29, 0.717) is 43.3 Å². The number of hydrogen-bond acceptors (Lipinski definition) is 12. The minimum Gasteiger partial charge on any atom is -0.508 e. The Morgan fingerprint density at radius 3 is 1.36 bits per heavy atom. The van der Waals surface area contributed by atoms with Gasteiger partial charge in [-0.15, -0.1) is 47.3 Å². The highest BCUT2D eigenvalue weighted by atomic mass is 79.9. The van der Waals surface area contributed by atoms with Gasteiger partial charge in [-0.05, 0) is 107 Å². The summed E-state index contributed by atoms with van der Waals surface area (Å²) in [6.07, 6.45) is 0. The Labute approximate surface area is 367 Å². The summed E-state index contributed by atoms with van der Waals surface area (Å²) in [5.41, 5.74) is -0.0730. The highest BCUT2D eigenvalue weighted by Crippen LogP contribution is 2.29. The van der Waals surface area contributed by atoms with Crippen LogP contribution in [0.3, 0.4) is 0 Å². The molecule has 0 aliphatic carbocycles. The number of aromatic hydroxyl groups is 5. The lowest BCUT2D eigenvalue weighted by atomic mass is 10.1. The van der Waals surface area contributed by atoms with Crippen molar-refractivity contribution in [1.29, 1.82) is 0 Å². The quantitative estimate of drug-likeness (QED) is 0.0552. The lowest BCUT2D eigenvalue weighted by molar-refractivity contribution is 0.0695. The largest absolute Gasteiger partial charge is 0.508 e. The first-order chi connectivity index (χ1) is 28.0. The maximum Gasteiger partial charge on any atom is 0.369 e. The van der Waals surface area contributed by atoms with E-state index in [1.807, 2.05) is 6.07 Å². The van der Waals surface area contributed by atoms with Crippen LogP contribution in [0.4, 0.5) is 0 Å². The fraction of sp³-hybridized carbons (Fsp3) is 0.0488. The third kappa shape index (κ3) is 12.9. The smallest absolute Gasteiger partial charge is 0.369 e. The van der Waals surface area contributed by atoms with Gasteiger partial charge in [-0.2, -0.15) is 0 Å². The molecule has 0 amide bonds. The van der Waals surface area contributed by atoms with Gasteiger partial charge in [-0.25, -0.2) is 14.4 Å². The summed E-state index contributed by atoms with van der Waals surface area (Å²) in [5, 5.41) is 57.8. The maximum atomic E-state index is 11.9. The number of carboxylic acids is 1. The van der Waals surface area contributed by atoms with Crippen LogP contribution >= 0.6 is 63.2 Å². The number of ether oxygens (including phenoxy) is 2. The van der Waals surface area contributed by atoms with E-state index < -0.39 is 17.2 Å². The maximum absolute atomic E-state index is 11.9. The summed E-state index contributed by atoms with van der Waals surface area (Å²) in [4.78, 5) is 34.2. The highest BCUT2D eigenvalue weighted by molar-refractivity contribution is 9.69. The van der Waals surface area contributed by atoms with Gasteiger partial charge in [0.1, 0.15) is 51.4 Å². The molecule has 18 heteroatoms. The Kier molecular flexibility index (Phi) is 16.7. The van der Waals surface area contributed by atoms with E-state index in [1.165, 1.54) is 61.7 Å². The van der Waals surface area contributed by atoms with Gasteiger partial charge in [0, 0.05) is 44.2 Å². The van der Waals surface area contributed by atoms with Crippen LogP contribution in [0.25, 0.3) is 43.5 Å². The average molecular weight is 1060 g/mol. The Balaban J connectivity index is 0.000000174. The average Bonchev–Trinajstić information content (AvgIpc) is 3.18. The number of halogens is 4. The van der Waals surface area contributed by atoms with E-state index in [9.17, 15) is 29.7 Å². The molecule has 0 aliphatic rings. The van der Waals surface area contributed by atoms with E-state index in [4.69, 9.17) is 33.6 Å². The summed E-state index contributed by atoms with van der Waals surface area (Å²) in [6, 6.07) is 29.7. The molecule has 0 unspecified atom stereocenters. The first-order valence-corrected chi connectivity index (χ1v) is 20.1. The second-order valence-corrected chi connectivity index (χ2v) is 19.0. The van der Waals surface area contributed by atoms with Gasteiger partial charge in [0.05, 0.1) is 30.6 Å². The number of phenolic OH excluding ortho intramolecular Hbond substituents is 5. The number of rotatable bonds is 3. The van der Waals surface area contributed by atoms with Gasteiger partial charge < -0.3 is 48.9 Å². The molecule has 0 fully saturated rings. The first kappa shape index (κ1) is 46.0. The number of carbonyl (C=O) groups is 1. The minimum atomic E-state index is -0.972. The number of methoxy groups -OCH3 is 2. The van der Waals surface area contributed by atoms with Crippen molar-refractivity contribution in [2.24, 2.45) is 0 Å². The molecule has 13 nitrogen and oxygen atoms in total. The molecule has 0 spiro atoms. The number of carboxylic acid groups (broad SMARTS) is 1. The molecule has 6 N–H and O–H groups in total. The van der Waals surface area contributed by atoms with E-state index >= 15 is 0 Å². The van der Waals surface area contributed by atoms with Crippen LogP contribution < -0.4 is 20.7 Å². The zero-order valence-electron chi connectivity index (χ0n) is 30.6. The fourth-order valence-electron chi connectivity index (χ4n) is 5.22. The summed E-state index contributed by atoms with van der Waals surface area (Å²) >= 11 is 12.4. The molecule has 2 heterocycles. The monoisotopic (exact) mass is 1060 g/mol. The fourth-order valence-corrected chi connectivity index (χ4v) is 5.64. The van der Waals surface area contributed by atoms with Crippen LogP contribution in [0, 0.1) is 0 Å². The van der Waals surface area contributed by atoms with Crippen molar-refractivity contribution in [2.45, 2.75) is 0 Å². The van der Waals surface area contributed by atoms with E-state index in [1.54, 1.807) is 61.7 Å². The number of benzene rings is 6. The molecule has 0 bridgehead atoms. The molecule has 0 saturated carbocycles. The van der Waals surface area contributed by atoms with Crippen LogP contribution in [-0.2, 0) is 0 Å². The van der Waals surface area contributed by atoms with E-state index in [2.05, 4.69) is 63.2 Å². The molecule has 6 aromatic carbocycles. The molecule has 304 valence electrons. The second-order valence-electron chi connectivity index (χ2n) is 11.7. The summed E-state index contributed by atoms with van der Waals surface area (Å²) in [6.45, 7) is 0. The number of phenols is 5. The molecular formula is C41H31BBr4O13. The first-order valence-electron chi connectivity index (χ1n) is 16.6. The lowest BCUT2D eigenvalue weighted by Crippen LogP contribution is -2.00. The highest BCUT2D eigenvalue weighted by Gasteiger charge is 2.11. The predicted octanol–water partition coefficient (Wildman–Crippen LogP) is 10.4. The van der Waals surface area contributed by atoms with Crippen LogP contribution in [0.2, 0.25) is 0 Å². The molecule has 0 radical (unpaired) electrons. The van der Waals surface area contributed by atoms with E-state index in [0.717, 1.165) is 16.2 Å². The summed E-state index contributed by atoms with van der Waals surface area (Å²) < 4.78 is 21.1. The van der Waals surface area contributed by atoms with Crippen molar-refractivity contribution in [3.63, 3.8) is 0 Å². The SMILES string of the molecule is BrB(Br)Br.COc1ccc(Br)c(C(=O)O)c1.COc1ccc2c(c1)c(=O)oc1cc(O)ccc12.O=c1oc2cc(O)ccc2c2ccc(O)cc12.Oc1cccc(O)c1. The minimum absolute atomic E-state index is 0.0166. The van der Waals surface area contributed by atoms with Crippen molar-refractivity contribution in [3.05, 3.63) is 146 Å². The van der Waals surface area contributed by atoms with Gasteiger partial charge >= 0.3 is 20.4 Å². The molecule has 8 aromatic rings. The van der Waals surface area contributed by atoms with Gasteiger partial charge in [-0.1, -0.05) is 6.07 Å². The Morgan fingerprint density at radius 1 is 0.525 bits per heavy atom. The molecule has 0 aliphatic heterocycles.